The average molecular weight is 321 g/mol. The van der Waals surface area contributed by atoms with Crippen LogP contribution in [-0.2, 0) is 9.59 Å². The second kappa shape index (κ2) is 8.02. The van der Waals surface area contributed by atoms with Crippen molar-refractivity contribution in [3.63, 3.8) is 0 Å². The maximum Gasteiger partial charge on any atom is 0.224 e. The van der Waals surface area contributed by atoms with E-state index in [1.165, 1.54) is 6.92 Å². The summed E-state index contributed by atoms with van der Waals surface area (Å²) in [6.45, 7) is 3.16. The summed E-state index contributed by atoms with van der Waals surface area (Å²) in [4.78, 5) is 35.7. The van der Waals surface area contributed by atoms with E-state index in [0.717, 1.165) is 5.56 Å². The van der Waals surface area contributed by atoms with Gasteiger partial charge in [-0.15, -0.1) is 0 Å². The van der Waals surface area contributed by atoms with E-state index in [9.17, 15) is 14.4 Å². The maximum absolute atomic E-state index is 12.5. The Morgan fingerprint density at radius 3 is 2.12 bits per heavy atom. The zero-order valence-electron chi connectivity index (χ0n) is 13.7. The maximum atomic E-state index is 12.5. The third-order valence-electron chi connectivity index (χ3n) is 3.49. The van der Waals surface area contributed by atoms with Gasteiger partial charge in [-0.2, -0.15) is 0 Å². The molecule has 0 fully saturated rings. The summed E-state index contributed by atoms with van der Waals surface area (Å²) >= 11 is 0. The highest BCUT2D eigenvalue weighted by molar-refractivity contribution is 6.28. The lowest BCUT2D eigenvalue weighted by atomic mass is 9.98. The lowest BCUT2D eigenvalue weighted by Crippen LogP contribution is -2.10. The van der Waals surface area contributed by atoms with Crippen molar-refractivity contribution in [3.05, 3.63) is 71.3 Å². The molecule has 0 bridgehead atoms. The predicted octanol–water partition coefficient (Wildman–Crippen LogP) is 3.89. The van der Waals surface area contributed by atoms with Crippen LogP contribution in [0, 0.1) is 0 Å². The van der Waals surface area contributed by atoms with Crippen LogP contribution in [0.1, 0.15) is 36.2 Å². The van der Waals surface area contributed by atoms with E-state index in [0.29, 0.717) is 17.7 Å². The van der Waals surface area contributed by atoms with Crippen molar-refractivity contribution in [1.82, 2.24) is 0 Å². The monoisotopic (exact) mass is 321 g/mol. The highest BCUT2D eigenvalue weighted by atomic mass is 16.2. The van der Waals surface area contributed by atoms with Crippen molar-refractivity contribution >= 4 is 29.2 Å². The molecule has 1 N–H and O–H groups in total. The van der Waals surface area contributed by atoms with Gasteiger partial charge in [-0.3, -0.25) is 14.4 Å². The highest BCUT2D eigenvalue weighted by Crippen LogP contribution is 2.16. The fourth-order valence-corrected chi connectivity index (χ4v) is 2.15. The molecule has 4 heteroatoms. The van der Waals surface area contributed by atoms with E-state index < -0.39 is 0 Å². The van der Waals surface area contributed by atoms with Crippen molar-refractivity contribution in [1.29, 1.82) is 0 Å². The molecule has 2 rings (SSSR count). The van der Waals surface area contributed by atoms with Gasteiger partial charge in [-0.25, -0.2) is 0 Å². The van der Waals surface area contributed by atoms with Gasteiger partial charge in [-0.1, -0.05) is 49.4 Å². The van der Waals surface area contributed by atoms with Crippen LogP contribution in [0.15, 0.2) is 60.2 Å². The standard InChI is InChI=1S/C20H19NO3/c1-3-19(23)21-17-11-9-15(10-12-17)13-18(14(2)22)20(24)16-7-5-4-6-8-16/h4-13H,3H2,1-2H3,(H,21,23)/b18-13+. The Hall–Kier alpha value is -3.01. The van der Waals surface area contributed by atoms with E-state index in [4.69, 9.17) is 0 Å². The molecule has 1 amide bonds. The number of carbonyl (C=O) groups is 3. The fourth-order valence-electron chi connectivity index (χ4n) is 2.15. The first-order chi connectivity index (χ1) is 11.5. The van der Waals surface area contributed by atoms with Gasteiger partial charge in [0.15, 0.2) is 11.6 Å². The van der Waals surface area contributed by atoms with Gasteiger partial charge in [0.05, 0.1) is 5.57 Å². The largest absolute Gasteiger partial charge is 0.326 e. The quantitative estimate of drug-likeness (QED) is 0.380. The SMILES string of the molecule is CCC(=O)Nc1ccc(/C=C(\C(C)=O)C(=O)c2ccccc2)cc1. The molecule has 0 radical (unpaired) electrons. The van der Waals surface area contributed by atoms with Crippen molar-refractivity contribution in [2.24, 2.45) is 0 Å². The molecular formula is C20H19NO3. The Bertz CT molecular complexity index is 774. The van der Waals surface area contributed by atoms with Gasteiger partial charge in [0.2, 0.25) is 5.91 Å². The number of nitrogens with one attached hydrogen (secondary N) is 1. The van der Waals surface area contributed by atoms with Crippen LogP contribution in [-0.4, -0.2) is 17.5 Å². The summed E-state index contributed by atoms with van der Waals surface area (Å²) in [6.07, 6.45) is 1.98. The van der Waals surface area contributed by atoms with Crippen LogP contribution >= 0.6 is 0 Å². The van der Waals surface area contributed by atoms with Gasteiger partial charge in [0, 0.05) is 17.7 Å². The van der Waals surface area contributed by atoms with Crippen molar-refractivity contribution in [3.8, 4) is 0 Å². The van der Waals surface area contributed by atoms with Crippen molar-refractivity contribution in [2.75, 3.05) is 5.32 Å². The molecule has 2 aromatic rings. The number of Topliss-reactive ketones (excluding diaryl/α,β-unsaturated/α-hetero) is 2. The zero-order chi connectivity index (χ0) is 17.5. The fraction of sp³-hybridized carbons (Fsp3) is 0.150. The number of hydrogen-bond acceptors (Lipinski definition) is 3. The molecular weight excluding hydrogens is 302 g/mol. The molecule has 0 aliphatic heterocycles. The molecule has 4 nitrogen and oxygen atoms in total. The van der Waals surface area contributed by atoms with Crippen molar-refractivity contribution in [2.45, 2.75) is 20.3 Å². The molecule has 0 spiro atoms. The summed E-state index contributed by atoms with van der Waals surface area (Å²) in [5, 5.41) is 2.75. The van der Waals surface area contributed by atoms with Crippen LogP contribution in [0.5, 0.6) is 0 Å². The minimum absolute atomic E-state index is 0.0676. The molecule has 0 heterocycles. The molecule has 0 saturated carbocycles. The molecule has 2 aromatic carbocycles. The summed E-state index contributed by atoms with van der Waals surface area (Å²) in [6, 6.07) is 15.7. The highest BCUT2D eigenvalue weighted by Gasteiger charge is 2.16. The van der Waals surface area contributed by atoms with Crippen molar-refractivity contribution < 1.29 is 14.4 Å². The molecule has 24 heavy (non-hydrogen) atoms. The third-order valence-corrected chi connectivity index (χ3v) is 3.49. The second-order valence-corrected chi connectivity index (χ2v) is 5.33. The molecule has 0 aliphatic rings. The molecule has 122 valence electrons. The number of hydrogen-bond donors (Lipinski definition) is 1. The molecule has 0 saturated heterocycles. The number of ketones is 2. The van der Waals surface area contributed by atoms with Crippen LogP contribution in [0.3, 0.4) is 0 Å². The Balaban J connectivity index is 2.26. The van der Waals surface area contributed by atoms with Gasteiger partial charge >= 0.3 is 0 Å². The zero-order valence-corrected chi connectivity index (χ0v) is 13.7. The second-order valence-electron chi connectivity index (χ2n) is 5.33. The number of benzene rings is 2. The number of allylic oxidation sites excluding steroid dienone is 1. The number of rotatable bonds is 6. The van der Waals surface area contributed by atoms with E-state index in [1.807, 2.05) is 6.07 Å². The minimum Gasteiger partial charge on any atom is -0.326 e. The lowest BCUT2D eigenvalue weighted by molar-refractivity contribution is -0.116. The predicted molar refractivity (Wildman–Crippen MR) is 94.8 cm³/mol. The van der Waals surface area contributed by atoms with Gasteiger partial charge in [-0.05, 0) is 30.7 Å². The van der Waals surface area contributed by atoms with E-state index in [1.54, 1.807) is 61.5 Å². The topological polar surface area (TPSA) is 63.2 Å². The van der Waals surface area contributed by atoms with Crippen LogP contribution < -0.4 is 5.32 Å². The average Bonchev–Trinajstić information content (AvgIpc) is 2.60. The molecule has 0 atom stereocenters. The van der Waals surface area contributed by atoms with E-state index in [2.05, 4.69) is 5.32 Å². The molecule has 0 unspecified atom stereocenters. The van der Waals surface area contributed by atoms with E-state index >= 15 is 0 Å². The van der Waals surface area contributed by atoms with Gasteiger partial charge < -0.3 is 5.32 Å². The Morgan fingerprint density at radius 2 is 1.58 bits per heavy atom. The summed E-state index contributed by atoms with van der Waals surface area (Å²) < 4.78 is 0. The number of anilines is 1. The minimum atomic E-state index is -0.300. The Labute approximate surface area is 141 Å². The number of carbonyl (C=O) groups excluding carboxylic acids is 3. The first-order valence-corrected chi connectivity index (χ1v) is 7.73. The molecule has 0 aliphatic carbocycles. The van der Waals surface area contributed by atoms with Gasteiger partial charge in [0.25, 0.3) is 0 Å². The number of amides is 1. The first kappa shape index (κ1) is 17.3. The summed E-state index contributed by atoms with van der Waals surface area (Å²) in [7, 11) is 0. The normalized spacial score (nSPS) is 11.0. The summed E-state index contributed by atoms with van der Waals surface area (Å²) in [5.41, 5.74) is 2.01. The molecule has 0 aromatic heterocycles. The van der Waals surface area contributed by atoms with Gasteiger partial charge in [0.1, 0.15) is 0 Å². The summed E-state index contributed by atoms with van der Waals surface area (Å²) in [5.74, 6) is -0.652. The Kier molecular flexibility index (Phi) is 5.79. The van der Waals surface area contributed by atoms with Crippen LogP contribution in [0.4, 0.5) is 5.69 Å². The Morgan fingerprint density at radius 1 is 0.958 bits per heavy atom. The van der Waals surface area contributed by atoms with Crippen LogP contribution in [0.25, 0.3) is 6.08 Å². The van der Waals surface area contributed by atoms with Crippen LogP contribution in [0.2, 0.25) is 0 Å². The first-order valence-electron chi connectivity index (χ1n) is 7.73. The smallest absolute Gasteiger partial charge is 0.224 e. The third kappa shape index (κ3) is 4.49. The lowest BCUT2D eigenvalue weighted by Gasteiger charge is -2.06. The van der Waals surface area contributed by atoms with E-state index in [-0.39, 0.29) is 23.0 Å².